The number of rotatable bonds is 2. The third kappa shape index (κ3) is 2.16. The average Bonchev–Trinajstić information content (AvgIpc) is 2.90. The fourth-order valence-electron chi connectivity index (χ4n) is 2.67. The van der Waals surface area contributed by atoms with E-state index in [1.165, 1.54) is 4.90 Å². The van der Waals surface area contributed by atoms with Crippen molar-refractivity contribution in [1.82, 2.24) is 19.2 Å². The Morgan fingerprint density at radius 1 is 1.14 bits per heavy atom. The number of carbonyl (C=O) groups excluding carboxylic acids is 2. The van der Waals surface area contributed by atoms with E-state index >= 15 is 0 Å². The first-order chi connectivity index (χ1) is 9.99. The van der Waals surface area contributed by atoms with Crippen LogP contribution in [0.5, 0.6) is 0 Å². The monoisotopic (exact) mass is 286 g/mol. The number of hydrogen-bond acceptors (Lipinski definition) is 3. The molecule has 2 amide bonds. The Kier molecular flexibility index (Phi) is 3.16. The minimum atomic E-state index is -0.455. The summed E-state index contributed by atoms with van der Waals surface area (Å²) in [6.45, 7) is 3.87. The summed E-state index contributed by atoms with van der Waals surface area (Å²) >= 11 is 0. The lowest BCUT2D eigenvalue weighted by atomic mass is 10.1. The van der Waals surface area contributed by atoms with Gasteiger partial charge in [0.25, 0.3) is 0 Å². The zero-order valence-electron chi connectivity index (χ0n) is 12.4. The highest BCUT2D eigenvalue weighted by Crippen LogP contribution is 2.19. The van der Waals surface area contributed by atoms with E-state index in [4.69, 9.17) is 0 Å². The lowest BCUT2D eigenvalue weighted by molar-refractivity contribution is -0.159. The number of fused-ring (bicyclic) bond motifs is 1. The Hall–Kier alpha value is -2.37. The first-order valence-corrected chi connectivity index (χ1v) is 6.99. The summed E-state index contributed by atoms with van der Waals surface area (Å²) < 4.78 is 1.91. The molecular formula is C15H18N4O2. The molecule has 3 rings (SSSR count). The van der Waals surface area contributed by atoms with Crippen LogP contribution in [-0.4, -0.2) is 50.1 Å². The lowest BCUT2D eigenvalue weighted by Crippen LogP contribution is -2.61. The van der Waals surface area contributed by atoms with Crippen molar-refractivity contribution in [3.05, 3.63) is 36.3 Å². The molecule has 1 fully saturated rings. The third-order valence-electron chi connectivity index (χ3n) is 4.14. The molecule has 0 unspecified atom stereocenters. The number of imidazole rings is 1. The number of aromatic nitrogens is 2. The van der Waals surface area contributed by atoms with Crippen molar-refractivity contribution in [2.75, 3.05) is 7.05 Å². The normalized spacial score (nSPS) is 23.2. The molecule has 6 heteroatoms. The molecule has 0 spiro atoms. The molecule has 0 aliphatic carbocycles. The first kappa shape index (κ1) is 13.6. The Bertz CT molecular complexity index is 676. The van der Waals surface area contributed by atoms with Crippen molar-refractivity contribution in [3.8, 4) is 0 Å². The Morgan fingerprint density at radius 2 is 1.90 bits per heavy atom. The van der Waals surface area contributed by atoms with Crippen LogP contribution in [0, 0.1) is 0 Å². The fourth-order valence-corrected chi connectivity index (χ4v) is 2.67. The van der Waals surface area contributed by atoms with Crippen LogP contribution in [0.1, 0.15) is 19.5 Å². The summed E-state index contributed by atoms with van der Waals surface area (Å²) in [6.07, 6.45) is 3.80. The van der Waals surface area contributed by atoms with Crippen molar-refractivity contribution in [1.29, 1.82) is 0 Å². The molecule has 2 aromatic heterocycles. The highest BCUT2D eigenvalue weighted by atomic mass is 16.2. The molecule has 0 N–H and O–H groups in total. The maximum Gasteiger partial charge on any atom is 0.246 e. The zero-order valence-corrected chi connectivity index (χ0v) is 12.4. The van der Waals surface area contributed by atoms with Gasteiger partial charge in [-0.3, -0.25) is 9.59 Å². The average molecular weight is 286 g/mol. The summed E-state index contributed by atoms with van der Waals surface area (Å²) in [5.74, 6) is -0.0764. The van der Waals surface area contributed by atoms with Gasteiger partial charge in [-0.2, -0.15) is 0 Å². The Labute approximate surface area is 123 Å². The largest absolute Gasteiger partial charge is 0.332 e. The van der Waals surface area contributed by atoms with E-state index in [2.05, 4.69) is 4.98 Å². The van der Waals surface area contributed by atoms with E-state index in [0.29, 0.717) is 6.54 Å². The van der Waals surface area contributed by atoms with Crippen LogP contribution in [0.4, 0.5) is 0 Å². The van der Waals surface area contributed by atoms with Gasteiger partial charge < -0.3 is 14.2 Å². The minimum Gasteiger partial charge on any atom is -0.332 e. The molecule has 6 nitrogen and oxygen atoms in total. The second-order valence-corrected chi connectivity index (χ2v) is 5.47. The quantitative estimate of drug-likeness (QED) is 0.824. The number of hydrogen-bond donors (Lipinski definition) is 0. The Balaban J connectivity index is 1.89. The van der Waals surface area contributed by atoms with Gasteiger partial charge >= 0.3 is 0 Å². The molecule has 1 aliphatic heterocycles. The predicted octanol–water partition coefficient (Wildman–Crippen LogP) is 0.912. The van der Waals surface area contributed by atoms with Crippen LogP contribution in [-0.2, 0) is 16.1 Å². The third-order valence-corrected chi connectivity index (χ3v) is 4.14. The van der Waals surface area contributed by atoms with E-state index in [0.717, 1.165) is 11.3 Å². The minimum absolute atomic E-state index is 0.0362. The lowest BCUT2D eigenvalue weighted by Gasteiger charge is -2.40. The fraction of sp³-hybridized carbons (Fsp3) is 0.400. The van der Waals surface area contributed by atoms with E-state index in [1.807, 2.05) is 35.0 Å². The van der Waals surface area contributed by atoms with E-state index in [1.54, 1.807) is 25.8 Å². The Morgan fingerprint density at radius 3 is 2.62 bits per heavy atom. The standard InChI is InChI=1S/C15H18N4O2/c1-10-15(21)19(11(2)14(20)17(10)3)9-12-8-18-7-5-4-6-13(18)16-12/h4-8,10-11H,9H2,1-3H3/t10-,11-/m0/s1. The predicted molar refractivity (Wildman–Crippen MR) is 77.4 cm³/mol. The van der Waals surface area contributed by atoms with Crippen molar-refractivity contribution >= 4 is 17.5 Å². The highest BCUT2D eigenvalue weighted by Gasteiger charge is 2.39. The van der Waals surface area contributed by atoms with Crippen LogP contribution in [0.3, 0.4) is 0 Å². The van der Waals surface area contributed by atoms with Crippen molar-refractivity contribution in [2.24, 2.45) is 0 Å². The summed E-state index contributed by atoms with van der Waals surface area (Å²) in [4.78, 5) is 32.2. The van der Waals surface area contributed by atoms with Gasteiger partial charge in [0.1, 0.15) is 17.7 Å². The van der Waals surface area contributed by atoms with E-state index < -0.39 is 12.1 Å². The number of likely N-dealkylation sites (N-methyl/N-ethyl adjacent to an activating group) is 1. The molecule has 2 aromatic rings. The number of piperazine rings is 1. The molecule has 0 aromatic carbocycles. The molecule has 2 atom stereocenters. The molecule has 0 bridgehead atoms. The number of nitrogens with zero attached hydrogens (tertiary/aromatic N) is 4. The molecule has 1 aliphatic rings. The second-order valence-electron chi connectivity index (χ2n) is 5.47. The summed E-state index contributed by atoms with van der Waals surface area (Å²) in [5, 5.41) is 0. The van der Waals surface area contributed by atoms with E-state index in [9.17, 15) is 9.59 Å². The van der Waals surface area contributed by atoms with Gasteiger partial charge in [-0.15, -0.1) is 0 Å². The van der Waals surface area contributed by atoms with E-state index in [-0.39, 0.29) is 11.8 Å². The summed E-state index contributed by atoms with van der Waals surface area (Å²) in [5.41, 5.74) is 1.62. The van der Waals surface area contributed by atoms with Gasteiger partial charge in [-0.25, -0.2) is 4.98 Å². The SMILES string of the molecule is C[C@H]1C(=O)N(Cc2cn3ccccc3n2)[C@@H](C)C(=O)N1C. The van der Waals surface area contributed by atoms with Gasteiger partial charge in [0.05, 0.1) is 12.2 Å². The maximum atomic E-state index is 12.4. The second kappa shape index (κ2) is 4.87. The van der Waals surface area contributed by atoms with Crippen LogP contribution >= 0.6 is 0 Å². The van der Waals surface area contributed by atoms with Gasteiger partial charge in [0.2, 0.25) is 11.8 Å². The van der Waals surface area contributed by atoms with Gasteiger partial charge in [-0.1, -0.05) is 6.07 Å². The van der Waals surface area contributed by atoms with Gasteiger partial charge in [0.15, 0.2) is 0 Å². The number of amides is 2. The molecule has 0 saturated carbocycles. The maximum absolute atomic E-state index is 12.4. The molecule has 1 saturated heterocycles. The molecule has 0 radical (unpaired) electrons. The highest BCUT2D eigenvalue weighted by molar-refractivity contribution is 5.96. The number of pyridine rings is 1. The van der Waals surface area contributed by atoms with Gasteiger partial charge in [0, 0.05) is 19.4 Å². The van der Waals surface area contributed by atoms with Crippen molar-refractivity contribution < 1.29 is 9.59 Å². The molecule has 21 heavy (non-hydrogen) atoms. The smallest absolute Gasteiger partial charge is 0.246 e. The van der Waals surface area contributed by atoms with Crippen LogP contribution < -0.4 is 0 Å². The van der Waals surface area contributed by atoms with Crippen LogP contribution in [0.2, 0.25) is 0 Å². The summed E-state index contributed by atoms with van der Waals surface area (Å²) in [7, 11) is 1.67. The van der Waals surface area contributed by atoms with Crippen LogP contribution in [0.25, 0.3) is 5.65 Å². The number of carbonyl (C=O) groups is 2. The van der Waals surface area contributed by atoms with Crippen molar-refractivity contribution in [3.63, 3.8) is 0 Å². The topological polar surface area (TPSA) is 57.9 Å². The van der Waals surface area contributed by atoms with Gasteiger partial charge in [-0.05, 0) is 26.0 Å². The molecular weight excluding hydrogens is 268 g/mol. The van der Waals surface area contributed by atoms with Crippen LogP contribution in [0.15, 0.2) is 30.6 Å². The zero-order chi connectivity index (χ0) is 15.1. The first-order valence-electron chi connectivity index (χ1n) is 6.99. The summed E-state index contributed by atoms with van der Waals surface area (Å²) in [6, 6.07) is 4.87. The molecule has 110 valence electrons. The molecule has 3 heterocycles. The van der Waals surface area contributed by atoms with Crippen molar-refractivity contribution in [2.45, 2.75) is 32.5 Å².